The highest BCUT2D eigenvalue weighted by Gasteiger charge is 2.51. The van der Waals surface area contributed by atoms with Crippen LogP contribution in [0.1, 0.15) is 61.0 Å². The number of aryl methyl sites for hydroxylation is 1. The predicted molar refractivity (Wildman–Crippen MR) is 97.2 cm³/mol. The van der Waals surface area contributed by atoms with Crippen LogP contribution >= 0.6 is 11.5 Å². The second kappa shape index (κ2) is 6.27. The van der Waals surface area contributed by atoms with Gasteiger partial charge >= 0.3 is 0 Å². The smallest absolute Gasteiger partial charge is 0.274 e. The third-order valence-electron chi connectivity index (χ3n) is 6.33. The number of hydrogen-bond donors (Lipinski definition) is 3. The molecule has 0 aliphatic heterocycles. The summed E-state index contributed by atoms with van der Waals surface area (Å²) in [6, 6.07) is 0. The summed E-state index contributed by atoms with van der Waals surface area (Å²) in [5.74, 6) is 2.10. The molecule has 6 nitrogen and oxygen atoms in total. The number of hydrazine groups is 1. The number of carbonyl (C=O) groups excluding carboxylic acids is 2. The molecule has 0 unspecified atom stereocenters. The topological polar surface area (TPSA) is 83.1 Å². The lowest BCUT2D eigenvalue weighted by atomic mass is 9.49. The Bertz CT molecular complexity index is 664. The van der Waals surface area contributed by atoms with Gasteiger partial charge in [0.2, 0.25) is 5.91 Å². The number of nitrogens with zero attached hydrogens (tertiary/aromatic N) is 1. The van der Waals surface area contributed by atoms with Crippen molar-refractivity contribution >= 4 is 28.3 Å². The molecule has 0 radical (unpaired) electrons. The van der Waals surface area contributed by atoms with Crippen LogP contribution < -0.4 is 16.2 Å². The Labute approximate surface area is 152 Å². The zero-order valence-corrected chi connectivity index (χ0v) is 15.7. The van der Waals surface area contributed by atoms with Crippen molar-refractivity contribution in [1.82, 2.24) is 15.2 Å². The highest BCUT2D eigenvalue weighted by molar-refractivity contribution is 7.10. The van der Waals surface area contributed by atoms with Gasteiger partial charge in [-0.2, -0.15) is 4.37 Å². The van der Waals surface area contributed by atoms with Crippen molar-refractivity contribution in [3.8, 4) is 0 Å². The minimum Gasteiger partial charge on any atom is -0.378 e. The molecule has 0 saturated heterocycles. The van der Waals surface area contributed by atoms with Crippen LogP contribution in [0.2, 0.25) is 0 Å². The van der Waals surface area contributed by atoms with Gasteiger partial charge in [0.15, 0.2) is 0 Å². The van der Waals surface area contributed by atoms with Crippen LogP contribution in [-0.2, 0) is 4.79 Å². The Morgan fingerprint density at radius 2 is 1.72 bits per heavy atom. The Hall–Kier alpha value is -1.63. The van der Waals surface area contributed by atoms with Gasteiger partial charge < -0.3 is 5.32 Å². The third-order valence-corrected chi connectivity index (χ3v) is 7.29. The number of nitrogens with one attached hydrogen (secondary N) is 3. The van der Waals surface area contributed by atoms with E-state index in [1.54, 1.807) is 14.0 Å². The zero-order chi connectivity index (χ0) is 17.6. The van der Waals surface area contributed by atoms with E-state index in [1.165, 1.54) is 50.1 Å². The van der Waals surface area contributed by atoms with E-state index in [1.807, 2.05) is 0 Å². The Kier molecular flexibility index (Phi) is 4.22. The lowest BCUT2D eigenvalue weighted by Gasteiger charge is -2.56. The summed E-state index contributed by atoms with van der Waals surface area (Å²) in [7, 11) is 1.76. The summed E-state index contributed by atoms with van der Waals surface area (Å²) < 4.78 is 4.19. The maximum atomic E-state index is 12.5. The van der Waals surface area contributed by atoms with Crippen LogP contribution in [0.3, 0.4) is 0 Å². The quantitative estimate of drug-likeness (QED) is 0.719. The molecule has 4 aliphatic carbocycles. The summed E-state index contributed by atoms with van der Waals surface area (Å²) in [5, 5.41) is 3.68. The van der Waals surface area contributed by atoms with Crippen molar-refractivity contribution in [3.05, 3.63) is 11.3 Å². The molecule has 136 valence electrons. The van der Waals surface area contributed by atoms with Gasteiger partial charge in [-0.25, -0.2) is 0 Å². The number of carbonyl (C=O) groups is 2. The molecule has 1 aromatic heterocycles. The zero-order valence-electron chi connectivity index (χ0n) is 14.9. The highest BCUT2D eigenvalue weighted by Crippen LogP contribution is 2.61. The molecule has 4 bridgehead atoms. The van der Waals surface area contributed by atoms with Crippen molar-refractivity contribution in [3.63, 3.8) is 0 Å². The highest BCUT2D eigenvalue weighted by atomic mass is 32.1. The average molecular weight is 362 g/mol. The maximum absolute atomic E-state index is 12.5. The molecule has 0 atom stereocenters. The number of rotatable bonds is 4. The van der Waals surface area contributed by atoms with Crippen LogP contribution in [0.4, 0.5) is 5.00 Å². The molecule has 2 amide bonds. The summed E-state index contributed by atoms with van der Waals surface area (Å²) in [4.78, 5) is 24.9. The molecule has 4 fully saturated rings. The molecule has 3 N–H and O–H groups in total. The van der Waals surface area contributed by atoms with Crippen LogP contribution in [-0.4, -0.2) is 23.2 Å². The predicted octanol–water partition coefficient (Wildman–Crippen LogP) is 2.86. The molecule has 5 rings (SSSR count). The Balaban J connectivity index is 1.35. The van der Waals surface area contributed by atoms with Gasteiger partial charge in [-0.15, -0.1) is 0 Å². The summed E-state index contributed by atoms with van der Waals surface area (Å²) in [6.07, 6.45) is 8.22. The van der Waals surface area contributed by atoms with E-state index < -0.39 is 0 Å². The van der Waals surface area contributed by atoms with E-state index >= 15 is 0 Å². The molecule has 4 aliphatic rings. The van der Waals surface area contributed by atoms with E-state index in [0.29, 0.717) is 22.7 Å². The van der Waals surface area contributed by atoms with Crippen molar-refractivity contribution in [2.75, 3.05) is 12.4 Å². The fraction of sp³-hybridized carbons (Fsp3) is 0.722. The van der Waals surface area contributed by atoms with Crippen LogP contribution in [0, 0.1) is 30.1 Å². The number of amides is 2. The fourth-order valence-electron chi connectivity index (χ4n) is 5.89. The maximum Gasteiger partial charge on any atom is 0.274 e. The second-order valence-electron chi connectivity index (χ2n) is 8.32. The van der Waals surface area contributed by atoms with Gasteiger partial charge in [-0.3, -0.25) is 20.4 Å². The SMILES string of the molecule is CNc1snc(C)c1C(=O)NNC(=O)CC12CC3CC(CC(C3)C1)C2. The molecule has 1 aromatic rings. The first kappa shape index (κ1) is 16.8. The first-order chi connectivity index (χ1) is 12.0. The van der Waals surface area contributed by atoms with Crippen molar-refractivity contribution in [1.29, 1.82) is 0 Å². The largest absolute Gasteiger partial charge is 0.378 e. The van der Waals surface area contributed by atoms with Gasteiger partial charge in [0.1, 0.15) is 5.00 Å². The van der Waals surface area contributed by atoms with E-state index in [-0.39, 0.29) is 17.2 Å². The molecular weight excluding hydrogens is 336 g/mol. The average Bonchev–Trinajstić information content (AvgIpc) is 2.91. The van der Waals surface area contributed by atoms with Crippen LogP contribution in [0.25, 0.3) is 0 Å². The number of hydrogen-bond acceptors (Lipinski definition) is 5. The first-order valence-corrected chi connectivity index (χ1v) is 9.98. The summed E-state index contributed by atoms with van der Waals surface area (Å²) in [6.45, 7) is 1.80. The normalized spacial score (nSPS) is 32.5. The Morgan fingerprint density at radius 3 is 2.28 bits per heavy atom. The second-order valence-corrected chi connectivity index (χ2v) is 9.09. The van der Waals surface area contributed by atoms with Crippen molar-refractivity contribution in [2.24, 2.45) is 23.2 Å². The lowest BCUT2D eigenvalue weighted by Crippen LogP contribution is -2.50. The van der Waals surface area contributed by atoms with E-state index in [0.717, 1.165) is 17.8 Å². The fourth-order valence-corrected chi connectivity index (χ4v) is 6.63. The van der Waals surface area contributed by atoms with Gasteiger partial charge in [0.25, 0.3) is 5.91 Å². The first-order valence-electron chi connectivity index (χ1n) is 9.21. The summed E-state index contributed by atoms with van der Waals surface area (Å²) in [5.41, 5.74) is 6.56. The molecule has 1 heterocycles. The third kappa shape index (κ3) is 3.14. The molecule has 25 heavy (non-hydrogen) atoms. The van der Waals surface area contributed by atoms with Gasteiger partial charge in [-0.05, 0) is 80.1 Å². The monoisotopic (exact) mass is 362 g/mol. The number of anilines is 1. The molecule has 0 aromatic carbocycles. The van der Waals surface area contributed by atoms with Crippen molar-refractivity contribution < 1.29 is 9.59 Å². The van der Waals surface area contributed by atoms with E-state index in [9.17, 15) is 9.59 Å². The molecule has 4 saturated carbocycles. The van der Waals surface area contributed by atoms with Gasteiger partial charge in [-0.1, -0.05) is 0 Å². The van der Waals surface area contributed by atoms with Crippen molar-refractivity contribution in [2.45, 2.75) is 51.9 Å². The van der Waals surface area contributed by atoms with Crippen LogP contribution in [0.15, 0.2) is 0 Å². The minimum atomic E-state index is -0.311. The minimum absolute atomic E-state index is 0.0675. The molecule has 7 heteroatoms. The Morgan fingerprint density at radius 1 is 1.12 bits per heavy atom. The summed E-state index contributed by atoms with van der Waals surface area (Å²) >= 11 is 1.25. The lowest BCUT2D eigenvalue weighted by molar-refractivity contribution is -0.130. The van der Waals surface area contributed by atoms with E-state index in [2.05, 4.69) is 20.5 Å². The van der Waals surface area contributed by atoms with E-state index in [4.69, 9.17) is 0 Å². The van der Waals surface area contributed by atoms with Crippen LogP contribution in [0.5, 0.6) is 0 Å². The number of aromatic nitrogens is 1. The standard InChI is InChI=1S/C18H26N4O2S/c1-10-15(17(19-2)25-22-10)16(24)21-20-14(23)9-18-6-11-3-12(7-18)5-13(4-11)8-18/h11-13,19H,3-9H2,1-2H3,(H,20,23)(H,21,24). The van der Waals surface area contributed by atoms with Gasteiger partial charge in [0.05, 0.1) is 11.3 Å². The van der Waals surface area contributed by atoms with Gasteiger partial charge in [0, 0.05) is 13.5 Å². The molecule has 0 spiro atoms. The molecular formula is C18H26N4O2S.